The second-order valence-electron chi connectivity index (χ2n) is 6.10. The van der Waals surface area contributed by atoms with Gasteiger partial charge < -0.3 is 15.1 Å². The highest BCUT2D eigenvalue weighted by Gasteiger charge is 2.28. The van der Waals surface area contributed by atoms with Gasteiger partial charge in [-0.2, -0.15) is 0 Å². The fraction of sp³-hybridized carbons (Fsp3) is 0.412. The second-order valence-corrected chi connectivity index (χ2v) is 6.10. The van der Waals surface area contributed by atoms with Crippen LogP contribution in [0.4, 0.5) is 17.3 Å². The molecule has 8 nitrogen and oxygen atoms in total. The third-order valence-corrected chi connectivity index (χ3v) is 4.34. The fourth-order valence-electron chi connectivity index (χ4n) is 2.89. The van der Waals surface area contributed by atoms with Gasteiger partial charge in [-0.3, -0.25) is 10.1 Å². The average molecular weight is 342 g/mol. The zero-order valence-corrected chi connectivity index (χ0v) is 14.3. The molecule has 0 saturated carbocycles. The Morgan fingerprint density at radius 3 is 2.56 bits per heavy atom. The first kappa shape index (κ1) is 17.1. The van der Waals surface area contributed by atoms with Crippen LogP contribution >= 0.6 is 0 Å². The molecule has 0 radical (unpaired) electrons. The van der Waals surface area contributed by atoms with Crippen LogP contribution in [0.25, 0.3) is 0 Å². The standard InChI is InChI=1S/C17H22N6O2/c1-21-9-11-22(12-10-21)17-15(23(24)25)16(19-13-20-17)18-8-7-14-5-3-2-4-6-14/h2-6,13H,7-12H2,1H3,(H,18,19,20). The molecule has 0 spiro atoms. The van der Waals surface area contributed by atoms with Gasteiger partial charge in [-0.05, 0) is 19.0 Å². The number of anilines is 2. The molecule has 0 atom stereocenters. The summed E-state index contributed by atoms with van der Waals surface area (Å²) in [5.41, 5.74) is 1.13. The van der Waals surface area contributed by atoms with Crippen molar-refractivity contribution in [3.63, 3.8) is 0 Å². The molecule has 1 aromatic heterocycles. The summed E-state index contributed by atoms with van der Waals surface area (Å²) < 4.78 is 0. The zero-order chi connectivity index (χ0) is 17.6. The van der Waals surface area contributed by atoms with Gasteiger partial charge >= 0.3 is 5.69 Å². The molecule has 0 unspecified atom stereocenters. The molecule has 1 saturated heterocycles. The lowest BCUT2D eigenvalue weighted by atomic mass is 10.1. The molecule has 2 aromatic rings. The van der Waals surface area contributed by atoms with Crippen molar-refractivity contribution in [1.29, 1.82) is 0 Å². The Hall–Kier alpha value is -2.74. The van der Waals surface area contributed by atoms with Crippen LogP contribution in [0, 0.1) is 10.1 Å². The number of nitrogens with one attached hydrogen (secondary N) is 1. The van der Waals surface area contributed by atoms with E-state index in [0.29, 0.717) is 12.4 Å². The first-order valence-electron chi connectivity index (χ1n) is 8.36. The third kappa shape index (κ3) is 4.21. The van der Waals surface area contributed by atoms with E-state index in [2.05, 4.69) is 20.2 Å². The van der Waals surface area contributed by atoms with E-state index in [1.165, 1.54) is 11.9 Å². The quantitative estimate of drug-likeness (QED) is 0.632. The zero-order valence-electron chi connectivity index (χ0n) is 14.3. The van der Waals surface area contributed by atoms with Crippen molar-refractivity contribution in [1.82, 2.24) is 14.9 Å². The number of nitrogens with zero attached hydrogens (tertiary/aromatic N) is 5. The molecule has 1 aliphatic heterocycles. The van der Waals surface area contributed by atoms with Crippen LogP contribution in [-0.2, 0) is 6.42 Å². The Labute approximate surface area is 146 Å². The van der Waals surface area contributed by atoms with Gasteiger partial charge in [0.2, 0.25) is 11.6 Å². The number of benzene rings is 1. The second kappa shape index (κ2) is 7.89. The van der Waals surface area contributed by atoms with Crippen LogP contribution < -0.4 is 10.2 Å². The fourth-order valence-corrected chi connectivity index (χ4v) is 2.89. The van der Waals surface area contributed by atoms with Gasteiger partial charge in [0, 0.05) is 32.7 Å². The minimum atomic E-state index is -0.390. The molecule has 25 heavy (non-hydrogen) atoms. The van der Waals surface area contributed by atoms with Crippen molar-refractivity contribution < 1.29 is 4.92 Å². The van der Waals surface area contributed by atoms with Gasteiger partial charge in [0.1, 0.15) is 6.33 Å². The van der Waals surface area contributed by atoms with E-state index in [-0.39, 0.29) is 11.5 Å². The maximum absolute atomic E-state index is 11.6. The number of hydrogen-bond acceptors (Lipinski definition) is 7. The SMILES string of the molecule is CN1CCN(c2ncnc(NCCc3ccccc3)c2[N+](=O)[O-])CC1. The lowest BCUT2D eigenvalue weighted by molar-refractivity contribution is -0.383. The minimum absolute atomic E-state index is 0.0416. The molecule has 1 aromatic carbocycles. The van der Waals surface area contributed by atoms with Crippen LogP contribution in [0.5, 0.6) is 0 Å². The van der Waals surface area contributed by atoms with Crippen molar-refractivity contribution in [2.45, 2.75) is 6.42 Å². The van der Waals surface area contributed by atoms with Gasteiger partial charge in [0.25, 0.3) is 0 Å². The molecule has 1 aliphatic rings. The Morgan fingerprint density at radius 2 is 1.88 bits per heavy atom. The minimum Gasteiger partial charge on any atom is -0.364 e. The Morgan fingerprint density at radius 1 is 1.16 bits per heavy atom. The van der Waals surface area contributed by atoms with Crippen LogP contribution in [0.1, 0.15) is 5.56 Å². The highest BCUT2D eigenvalue weighted by Crippen LogP contribution is 2.32. The average Bonchev–Trinajstić information content (AvgIpc) is 2.63. The molecule has 1 N–H and O–H groups in total. The van der Waals surface area contributed by atoms with Crippen LogP contribution in [0.15, 0.2) is 36.7 Å². The first-order chi connectivity index (χ1) is 12.1. The predicted molar refractivity (Wildman–Crippen MR) is 97.0 cm³/mol. The lowest BCUT2D eigenvalue weighted by Gasteiger charge is -2.32. The number of rotatable bonds is 6. The summed E-state index contributed by atoms with van der Waals surface area (Å²) in [5.74, 6) is 0.681. The van der Waals surface area contributed by atoms with Gasteiger partial charge in [0.15, 0.2) is 0 Å². The molecular formula is C17H22N6O2. The number of hydrogen-bond donors (Lipinski definition) is 1. The molecule has 1 fully saturated rings. The number of aromatic nitrogens is 2. The maximum Gasteiger partial charge on any atom is 0.353 e. The summed E-state index contributed by atoms with van der Waals surface area (Å²) in [6.07, 6.45) is 2.16. The van der Waals surface area contributed by atoms with Crippen molar-refractivity contribution in [3.05, 3.63) is 52.3 Å². The van der Waals surface area contributed by atoms with E-state index in [0.717, 1.165) is 32.6 Å². The van der Waals surface area contributed by atoms with Crippen LogP contribution in [0.3, 0.4) is 0 Å². The molecule has 8 heteroatoms. The predicted octanol–water partition coefficient (Wildman–Crippen LogP) is 1.79. The summed E-state index contributed by atoms with van der Waals surface area (Å²) in [7, 11) is 2.04. The Bertz CT molecular complexity index is 716. The van der Waals surface area contributed by atoms with Gasteiger partial charge in [-0.1, -0.05) is 30.3 Å². The molecule has 0 amide bonds. The summed E-state index contributed by atoms with van der Waals surface area (Å²) in [6.45, 7) is 3.73. The number of likely N-dealkylation sites (N-methyl/N-ethyl adjacent to an activating group) is 1. The van der Waals surface area contributed by atoms with Gasteiger partial charge in [-0.15, -0.1) is 0 Å². The topological polar surface area (TPSA) is 87.4 Å². The lowest BCUT2D eigenvalue weighted by Crippen LogP contribution is -2.45. The molecule has 0 aliphatic carbocycles. The summed E-state index contributed by atoms with van der Waals surface area (Å²) in [4.78, 5) is 23.7. The Balaban J connectivity index is 1.74. The summed E-state index contributed by atoms with van der Waals surface area (Å²) in [5, 5.41) is 14.7. The van der Waals surface area contributed by atoms with Crippen LogP contribution in [-0.4, -0.2) is 59.6 Å². The smallest absolute Gasteiger partial charge is 0.353 e. The molecular weight excluding hydrogens is 320 g/mol. The largest absolute Gasteiger partial charge is 0.364 e. The molecule has 3 rings (SSSR count). The van der Waals surface area contributed by atoms with Crippen molar-refractivity contribution in [2.24, 2.45) is 0 Å². The first-order valence-corrected chi connectivity index (χ1v) is 8.36. The Kier molecular flexibility index (Phi) is 5.39. The third-order valence-electron chi connectivity index (χ3n) is 4.34. The highest BCUT2D eigenvalue weighted by molar-refractivity contribution is 5.70. The van der Waals surface area contributed by atoms with Crippen LogP contribution in [0.2, 0.25) is 0 Å². The summed E-state index contributed by atoms with van der Waals surface area (Å²) >= 11 is 0. The van der Waals surface area contributed by atoms with E-state index in [4.69, 9.17) is 0 Å². The van der Waals surface area contributed by atoms with E-state index in [1.54, 1.807) is 0 Å². The molecule has 2 heterocycles. The van der Waals surface area contributed by atoms with Gasteiger partial charge in [-0.25, -0.2) is 9.97 Å². The van der Waals surface area contributed by atoms with Crippen molar-refractivity contribution in [2.75, 3.05) is 50.0 Å². The van der Waals surface area contributed by atoms with E-state index in [9.17, 15) is 10.1 Å². The van der Waals surface area contributed by atoms with E-state index < -0.39 is 4.92 Å². The van der Waals surface area contributed by atoms with Gasteiger partial charge in [0.05, 0.1) is 4.92 Å². The summed E-state index contributed by atoms with van der Waals surface area (Å²) in [6, 6.07) is 9.99. The molecule has 0 bridgehead atoms. The normalized spacial score (nSPS) is 15.2. The van der Waals surface area contributed by atoms with Crippen molar-refractivity contribution in [3.8, 4) is 0 Å². The maximum atomic E-state index is 11.6. The number of nitro groups is 1. The van der Waals surface area contributed by atoms with E-state index in [1.807, 2.05) is 42.3 Å². The number of piperazine rings is 1. The monoisotopic (exact) mass is 342 g/mol. The van der Waals surface area contributed by atoms with Crippen molar-refractivity contribution >= 4 is 17.3 Å². The molecule has 132 valence electrons. The van der Waals surface area contributed by atoms with E-state index >= 15 is 0 Å². The highest BCUT2D eigenvalue weighted by atomic mass is 16.6.